The lowest BCUT2D eigenvalue weighted by molar-refractivity contribution is -0.0253. The maximum Gasteiger partial charge on any atom is 0.159 e. The average molecular weight is 212 g/mol. The number of rotatable bonds is 2. The Labute approximate surface area is 86.2 Å². The second-order valence-corrected chi connectivity index (χ2v) is 3.37. The highest BCUT2D eigenvalue weighted by molar-refractivity contribution is 5.02. The monoisotopic (exact) mass is 212 g/mol. The number of hydrogen-bond acceptors (Lipinski definition) is 6. The van der Waals surface area contributed by atoms with Crippen molar-refractivity contribution in [1.82, 2.24) is 9.97 Å². The molecule has 0 radical (unpaired) electrons. The van der Waals surface area contributed by atoms with Crippen LogP contribution >= 0.6 is 0 Å². The van der Waals surface area contributed by atoms with Crippen molar-refractivity contribution in [2.24, 2.45) is 0 Å². The van der Waals surface area contributed by atoms with Crippen LogP contribution in [0.5, 0.6) is 0 Å². The lowest BCUT2D eigenvalue weighted by atomic mass is 10.1. The van der Waals surface area contributed by atoms with E-state index in [4.69, 9.17) is 9.84 Å². The van der Waals surface area contributed by atoms with Gasteiger partial charge in [0.1, 0.15) is 24.4 Å². The molecule has 1 aromatic heterocycles. The van der Waals surface area contributed by atoms with E-state index in [2.05, 4.69) is 9.97 Å². The van der Waals surface area contributed by atoms with Gasteiger partial charge in [-0.2, -0.15) is 0 Å². The zero-order valence-electron chi connectivity index (χ0n) is 7.89. The fourth-order valence-electron chi connectivity index (χ4n) is 1.57. The van der Waals surface area contributed by atoms with E-state index in [9.17, 15) is 10.2 Å². The Bertz CT molecular complexity index is 321. The highest BCUT2D eigenvalue weighted by Gasteiger charge is 2.44. The third-order valence-electron chi connectivity index (χ3n) is 2.38. The summed E-state index contributed by atoms with van der Waals surface area (Å²) in [4.78, 5) is 7.85. The number of aliphatic hydroxyl groups excluding tert-OH is 3. The molecule has 2 rings (SSSR count). The Morgan fingerprint density at radius 3 is 2.40 bits per heavy atom. The fraction of sp³-hybridized carbons (Fsp3) is 0.556. The molecule has 0 spiro atoms. The van der Waals surface area contributed by atoms with Gasteiger partial charge >= 0.3 is 0 Å². The topological polar surface area (TPSA) is 95.7 Å². The summed E-state index contributed by atoms with van der Waals surface area (Å²) in [7, 11) is 0. The third kappa shape index (κ3) is 1.84. The summed E-state index contributed by atoms with van der Waals surface area (Å²) >= 11 is 0. The molecule has 0 aromatic carbocycles. The lowest BCUT2D eigenvalue weighted by Crippen LogP contribution is -2.32. The van der Waals surface area contributed by atoms with Gasteiger partial charge in [-0.1, -0.05) is 0 Å². The lowest BCUT2D eigenvalue weighted by Gasteiger charge is -2.12. The second kappa shape index (κ2) is 4.19. The van der Waals surface area contributed by atoms with Crippen molar-refractivity contribution >= 4 is 0 Å². The first-order valence-electron chi connectivity index (χ1n) is 4.63. The molecule has 0 saturated carbocycles. The first kappa shape index (κ1) is 10.4. The summed E-state index contributed by atoms with van der Waals surface area (Å²) in [5.74, 6) is 0.306. The Morgan fingerprint density at radius 1 is 1.20 bits per heavy atom. The van der Waals surface area contributed by atoms with Crippen LogP contribution in [0.15, 0.2) is 18.5 Å². The number of aromatic nitrogens is 2. The molecular formula is C9H12N2O4. The number of nitrogens with zero attached hydrogens (tertiary/aromatic N) is 2. The molecule has 1 unspecified atom stereocenters. The van der Waals surface area contributed by atoms with Crippen LogP contribution in [0.3, 0.4) is 0 Å². The first-order valence-corrected chi connectivity index (χ1v) is 4.63. The van der Waals surface area contributed by atoms with Crippen LogP contribution in [0.1, 0.15) is 11.9 Å². The van der Waals surface area contributed by atoms with E-state index in [1.807, 2.05) is 0 Å². The SMILES string of the molecule is OC[C@H]1OC(c2ncccn2)[C@@H](O)[C@@H]1O. The Morgan fingerprint density at radius 2 is 1.87 bits per heavy atom. The molecule has 6 heteroatoms. The summed E-state index contributed by atoms with van der Waals surface area (Å²) in [6.07, 6.45) is -0.728. The Balaban J connectivity index is 2.19. The summed E-state index contributed by atoms with van der Waals surface area (Å²) in [6.45, 7) is -0.346. The molecule has 0 aliphatic carbocycles. The summed E-state index contributed by atoms with van der Waals surface area (Å²) in [5.41, 5.74) is 0. The largest absolute Gasteiger partial charge is 0.394 e. The molecule has 1 aromatic rings. The van der Waals surface area contributed by atoms with Crippen molar-refractivity contribution in [3.05, 3.63) is 24.3 Å². The predicted molar refractivity (Wildman–Crippen MR) is 48.7 cm³/mol. The second-order valence-electron chi connectivity index (χ2n) is 3.37. The van der Waals surface area contributed by atoms with Crippen LogP contribution in [0.4, 0.5) is 0 Å². The van der Waals surface area contributed by atoms with Crippen LogP contribution < -0.4 is 0 Å². The van der Waals surface area contributed by atoms with Crippen LogP contribution in [0, 0.1) is 0 Å². The molecule has 3 N–H and O–H groups in total. The molecule has 2 heterocycles. The molecule has 4 atom stereocenters. The van der Waals surface area contributed by atoms with Gasteiger partial charge < -0.3 is 20.1 Å². The quantitative estimate of drug-likeness (QED) is 0.560. The van der Waals surface area contributed by atoms with Gasteiger partial charge in [-0.25, -0.2) is 9.97 Å². The molecule has 1 aliphatic heterocycles. The zero-order valence-corrected chi connectivity index (χ0v) is 7.89. The number of ether oxygens (including phenoxy) is 1. The first-order chi connectivity index (χ1) is 7.24. The summed E-state index contributed by atoms with van der Waals surface area (Å²) < 4.78 is 5.25. The maximum absolute atomic E-state index is 9.65. The molecular weight excluding hydrogens is 200 g/mol. The van der Waals surface area contributed by atoms with Gasteiger partial charge in [0.2, 0.25) is 0 Å². The van der Waals surface area contributed by atoms with Crippen molar-refractivity contribution in [3.63, 3.8) is 0 Å². The Kier molecular flexibility index (Phi) is 2.92. The summed E-state index contributed by atoms with van der Waals surface area (Å²) in [6, 6.07) is 1.64. The minimum absolute atomic E-state index is 0.306. The van der Waals surface area contributed by atoms with Gasteiger partial charge in [0.15, 0.2) is 5.82 Å². The molecule has 1 saturated heterocycles. The number of aliphatic hydroxyl groups is 3. The van der Waals surface area contributed by atoms with Gasteiger partial charge in [-0.15, -0.1) is 0 Å². The average Bonchev–Trinajstić information content (AvgIpc) is 2.57. The molecule has 15 heavy (non-hydrogen) atoms. The van der Waals surface area contributed by atoms with Crippen molar-refractivity contribution in [2.45, 2.75) is 24.4 Å². The molecule has 6 nitrogen and oxygen atoms in total. The van der Waals surface area contributed by atoms with Crippen molar-refractivity contribution in [1.29, 1.82) is 0 Å². The van der Waals surface area contributed by atoms with E-state index in [0.29, 0.717) is 5.82 Å². The van der Waals surface area contributed by atoms with Crippen molar-refractivity contribution in [3.8, 4) is 0 Å². The maximum atomic E-state index is 9.65. The van der Waals surface area contributed by atoms with E-state index in [1.165, 1.54) is 12.4 Å². The summed E-state index contributed by atoms with van der Waals surface area (Å²) in [5, 5.41) is 28.0. The van der Waals surface area contributed by atoms with Gasteiger partial charge in [0, 0.05) is 12.4 Å². The third-order valence-corrected chi connectivity index (χ3v) is 2.38. The zero-order chi connectivity index (χ0) is 10.8. The highest BCUT2D eigenvalue weighted by atomic mass is 16.6. The van der Waals surface area contributed by atoms with Crippen molar-refractivity contribution in [2.75, 3.05) is 6.61 Å². The van der Waals surface area contributed by atoms with E-state index < -0.39 is 24.4 Å². The van der Waals surface area contributed by atoms with E-state index in [0.717, 1.165) is 0 Å². The smallest absolute Gasteiger partial charge is 0.159 e. The minimum atomic E-state index is -1.11. The standard InChI is InChI=1S/C9H12N2O4/c12-4-5-6(13)7(14)8(15-5)9-10-2-1-3-11-9/h1-3,5-8,12-14H,4H2/t5-,6-,7+,8?/m1/s1. The fourth-order valence-corrected chi connectivity index (χ4v) is 1.57. The molecule has 0 amide bonds. The van der Waals surface area contributed by atoms with Crippen LogP contribution in [-0.4, -0.2) is 50.2 Å². The van der Waals surface area contributed by atoms with E-state index >= 15 is 0 Å². The van der Waals surface area contributed by atoms with Gasteiger partial charge in [-0.3, -0.25) is 0 Å². The molecule has 0 bridgehead atoms. The predicted octanol–water partition coefficient (Wildman–Crippen LogP) is -1.37. The minimum Gasteiger partial charge on any atom is -0.394 e. The van der Waals surface area contributed by atoms with Crippen LogP contribution in [0.2, 0.25) is 0 Å². The van der Waals surface area contributed by atoms with E-state index in [1.54, 1.807) is 6.07 Å². The molecule has 1 aliphatic rings. The Hall–Kier alpha value is -1.08. The molecule has 82 valence electrons. The van der Waals surface area contributed by atoms with Crippen molar-refractivity contribution < 1.29 is 20.1 Å². The molecule has 1 fully saturated rings. The number of hydrogen-bond donors (Lipinski definition) is 3. The van der Waals surface area contributed by atoms with Crippen LogP contribution in [-0.2, 0) is 4.74 Å². The van der Waals surface area contributed by atoms with Gasteiger partial charge in [-0.05, 0) is 6.07 Å². The highest BCUT2D eigenvalue weighted by Crippen LogP contribution is 2.31. The van der Waals surface area contributed by atoms with Gasteiger partial charge in [0.05, 0.1) is 6.61 Å². The van der Waals surface area contributed by atoms with Gasteiger partial charge in [0.25, 0.3) is 0 Å². The van der Waals surface area contributed by atoms with E-state index in [-0.39, 0.29) is 6.61 Å². The van der Waals surface area contributed by atoms with Crippen LogP contribution in [0.25, 0.3) is 0 Å². The normalized spacial score (nSPS) is 35.7.